The highest BCUT2D eigenvalue weighted by molar-refractivity contribution is 6.31. The Hall–Kier alpha value is -4.23. The van der Waals surface area contributed by atoms with E-state index in [0.29, 0.717) is 38.7 Å². The zero-order chi connectivity index (χ0) is 25.6. The number of amides is 1. The number of aliphatic hydroxyl groups is 1. The summed E-state index contributed by atoms with van der Waals surface area (Å²) in [4.78, 5) is 28.6. The number of rotatable bonds is 6. The lowest BCUT2D eigenvalue weighted by Gasteiger charge is -2.27. The van der Waals surface area contributed by atoms with Crippen molar-refractivity contribution in [1.82, 2.24) is 0 Å². The molecular weight excluding hydrogens is 482 g/mol. The van der Waals surface area contributed by atoms with Crippen LogP contribution in [0.3, 0.4) is 0 Å². The molecule has 5 rings (SSSR count). The summed E-state index contributed by atoms with van der Waals surface area (Å²) in [6, 6.07) is 18.2. The van der Waals surface area contributed by atoms with Gasteiger partial charge in [0.25, 0.3) is 5.91 Å². The van der Waals surface area contributed by atoms with Crippen molar-refractivity contribution < 1.29 is 28.6 Å². The third-order valence-corrected chi connectivity index (χ3v) is 6.37. The predicted octanol–water partition coefficient (Wildman–Crippen LogP) is 6.19. The first-order valence-electron chi connectivity index (χ1n) is 11.1. The van der Waals surface area contributed by atoms with Gasteiger partial charge in [0.1, 0.15) is 5.75 Å². The summed E-state index contributed by atoms with van der Waals surface area (Å²) >= 11 is 6.17. The fraction of sp³-hybridized carbons (Fsp3) is 0.143. The van der Waals surface area contributed by atoms with Crippen molar-refractivity contribution in [3.05, 3.63) is 100.0 Å². The number of aryl methyl sites for hydroxylation is 1. The molecule has 1 unspecified atom stereocenters. The van der Waals surface area contributed by atoms with Gasteiger partial charge in [-0.1, -0.05) is 41.4 Å². The Kier molecular flexibility index (Phi) is 5.94. The number of hydrogen-bond acceptors (Lipinski definition) is 6. The van der Waals surface area contributed by atoms with Crippen LogP contribution in [-0.2, 0) is 4.79 Å². The smallest absolute Gasteiger partial charge is 0.294 e. The van der Waals surface area contributed by atoms with E-state index in [1.54, 1.807) is 43.5 Å². The number of benzene rings is 3. The van der Waals surface area contributed by atoms with Crippen LogP contribution < -0.4 is 14.4 Å². The molecule has 0 radical (unpaired) electrons. The fourth-order valence-corrected chi connectivity index (χ4v) is 4.70. The van der Waals surface area contributed by atoms with E-state index < -0.39 is 23.5 Å². The van der Waals surface area contributed by atoms with Crippen LogP contribution >= 0.6 is 11.6 Å². The van der Waals surface area contributed by atoms with Crippen molar-refractivity contribution in [3.8, 4) is 11.5 Å². The summed E-state index contributed by atoms with van der Waals surface area (Å²) in [5.74, 6) is -1.00. The van der Waals surface area contributed by atoms with E-state index >= 15 is 0 Å². The van der Waals surface area contributed by atoms with Gasteiger partial charge in [0.2, 0.25) is 5.78 Å². The van der Waals surface area contributed by atoms with E-state index in [0.717, 1.165) is 5.56 Å². The molecule has 7 nitrogen and oxygen atoms in total. The second-order valence-electron chi connectivity index (χ2n) is 8.42. The topological polar surface area (TPSA) is 89.2 Å². The van der Waals surface area contributed by atoms with Gasteiger partial charge < -0.3 is 19.0 Å². The number of ketones is 1. The molecule has 0 spiro atoms. The molecule has 4 aromatic rings. The third kappa shape index (κ3) is 3.87. The first-order valence-corrected chi connectivity index (χ1v) is 11.5. The monoisotopic (exact) mass is 503 g/mol. The number of methoxy groups -OCH3 is 2. The Balaban J connectivity index is 1.66. The number of anilines is 1. The highest BCUT2D eigenvalue weighted by atomic mass is 35.5. The predicted molar refractivity (Wildman–Crippen MR) is 136 cm³/mol. The van der Waals surface area contributed by atoms with Gasteiger partial charge in [-0.25, -0.2) is 0 Å². The molecule has 1 N–H and O–H groups in total. The van der Waals surface area contributed by atoms with E-state index in [-0.39, 0.29) is 11.3 Å². The lowest BCUT2D eigenvalue weighted by molar-refractivity contribution is -0.117. The van der Waals surface area contributed by atoms with Crippen molar-refractivity contribution >= 4 is 39.9 Å². The Morgan fingerprint density at radius 2 is 1.78 bits per heavy atom. The molecule has 36 heavy (non-hydrogen) atoms. The number of aliphatic hydroxyl groups excluding tert-OH is 1. The lowest BCUT2D eigenvalue weighted by Crippen LogP contribution is -2.31. The summed E-state index contributed by atoms with van der Waals surface area (Å²) in [6.07, 6.45) is 0. The van der Waals surface area contributed by atoms with Crippen LogP contribution in [0, 0.1) is 6.92 Å². The van der Waals surface area contributed by atoms with Crippen molar-refractivity contribution in [1.29, 1.82) is 0 Å². The Labute approximate surface area is 212 Å². The molecule has 0 bridgehead atoms. The number of Topliss-reactive ketones (excluding diaryl/α,β-unsaturated/α-hetero) is 1. The van der Waals surface area contributed by atoms with Crippen molar-refractivity contribution in [3.63, 3.8) is 0 Å². The third-order valence-electron chi connectivity index (χ3n) is 6.15. The molecule has 0 saturated heterocycles. The first-order chi connectivity index (χ1) is 17.3. The maximum atomic E-state index is 13.8. The van der Waals surface area contributed by atoms with Gasteiger partial charge >= 0.3 is 0 Å². The summed E-state index contributed by atoms with van der Waals surface area (Å²) in [5.41, 5.74) is 2.37. The standard InChI is InChI=1S/C28H22ClNO6/c1-15-5-4-6-16(11-15)24-23(26(32)28(33)30(24)19-7-9-20(34-2)10-8-19)25(31)21-13-17-12-18(29)14-22(35-3)27(17)36-21/h4-14,24,32H,1-3H3. The molecule has 1 aliphatic heterocycles. The van der Waals surface area contributed by atoms with Crippen molar-refractivity contribution in [2.75, 3.05) is 19.1 Å². The van der Waals surface area contributed by atoms with Crippen LogP contribution in [0.1, 0.15) is 27.7 Å². The molecule has 8 heteroatoms. The van der Waals surface area contributed by atoms with Crippen LogP contribution in [0.4, 0.5) is 5.69 Å². The van der Waals surface area contributed by atoms with Gasteiger partial charge in [-0.05, 0) is 48.9 Å². The van der Waals surface area contributed by atoms with Crippen LogP contribution in [-0.4, -0.2) is 31.0 Å². The minimum atomic E-state index is -0.878. The van der Waals surface area contributed by atoms with Crippen LogP contribution in [0.15, 0.2) is 82.5 Å². The molecule has 0 saturated carbocycles. The molecule has 1 aliphatic rings. The summed E-state index contributed by atoms with van der Waals surface area (Å²) in [7, 11) is 3.02. The first kappa shape index (κ1) is 23.5. The molecule has 1 atom stereocenters. The van der Waals surface area contributed by atoms with E-state index in [4.69, 9.17) is 25.5 Å². The normalized spacial score (nSPS) is 15.6. The molecule has 0 aliphatic carbocycles. The summed E-state index contributed by atoms with van der Waals surface area (Å²) in [5, 5.41) is 12.0. The van der Waals surface area contributed by atoms with Gasteiger partial charge in [-0.15, -0.1) is 0 Å². The van der Waals surface area contributed by atoms with Crippen LogP contribution in [0.2, 0.25) is 5.02 Å². The highest BCUT2D eigenvalue weighted by Gasteiger charge is 2.45. The summed E-state index contributed by atoms with van der Waals surface area (Å²) < 4.78 is 16.4. The second kappa shape index (κ2) is 9.09. The van der Waals surface area contributed by atoms with Gasteiger partial charge in [0.05, 0.1) is 25.8 Å². The van der Waals surface area contributed by atoms with Gasteiger partial charge in [-0.2, -0.15) is 0 Å². The quantitative estimate of drug-likeness (QED) is 0.315. The molecule has 2 heterocycles. The molecule has 0 fully saturated rings. The number of furan rings is 1. The summed E-state index contributed by atoms with van der Waals surface area (Å²) in [6.45, 7) is 1.92. The molecule has 182 valence electrons. The average molecular weight is 504 g/mol. The van der Waals surface area contributed by atoms with Gasteiger partial charge in [0.15, 0.2) is 22.9 Å². The Morgan fingerprint density at radius 3 is 2.44 bits per heavy atom. The number of nitrogens with zero attached hydrogens (tertiary/aromatic N) is 1. The lowest BCUT2D eigenvalue weighted by atomic mass is 9.94. The Bertz CT molecular complexity index is 1540. The van der Waals surface area contributed by atoms with Gasteiger partial charge in [0, 0.05) is 22.2 Å². The average Bonchev–Trinajstić information content (AvgIpc) is 3.42. The van der Waals surface area contributed by atoms with E-state index in [1.165, 1.54) is 18.1 Å². The number of halogens is 1. The number of ether oxygens (including phenoxy) is 2. The van der Waals surface area contributed by atoms with Crippen LogP contribution in [0.25, 0.3) is 11.0 Å². The van der Waals surface area contributed by atoms with Gasteiger partial charge in [-0.3, -0.25) is 14.5 Å². The minimum Gasteiger partial charge on any atom is -0.503 e. The maximum Gasteiger partial charge on any atom is 0.294 e. The Morgan fingerprint density at radius 1 is 1.03 bits per heavy atom. The molecular formula is C28H22ClNO6. The molecule has 3 aromatic carbocycles. The molecule has 1 amide bonds. The van der Waals surface area contributed by atoms with Crippen molar-refractivity contribution in [2.45, 2.75) is 13.0 Å². The largest absolute Gasteiger partial charge is 0.503 e. The number of carbonyl (C=O) groups is 2. The van der Waals surface area contributed by atoms with Crippen molar-refractivity contribution in [2.24, 2.45) is 0 Å². The van der Waals surface area contributed by atoms with E-state index in [1.807, 2.05) is 31.2 Å². The molecule has 1 aromatic heterocycles. The maximum absolute atomic E-state index is 13.8. The number of fused-ring (bicyclic) bond motifs is 1. The van der Waals surface area contributed by atoms with E-state index in [2.05, 4.69) is 0 Å². The highest BCUT2D eigenvalue weighted by Crippen LogP contribution is 2.43. The zero-order valence-corrected chi connectivity index (χ0v) is 20.5. The van der Waals surface area contributed by atoms with E-state index in [9.17, 15) is 14.7 Å². The fourth-order valence-electron chi connectivity index (χ4n) is 4.48. The number of hydrogen-bond donors (Lipinski definition) is 1. The van der Waals surface area contributed by atoms with Crippen LogP contribution in [0.5, 0.6) is 11.5 Å². The minimum absolute atomic E-state index is 0.0471. The SMILES string of the molecule is COc1ccc(N2C(=O)C(O)=C(C(=O)c3cc4cc(Cl)cc(OC)c4o3)C2c2cccc(C)c2)cc1. The zero-order valence-electron chi connectivity index (χ0n) is 19.7. The number of carbonyl (C=O) groups excluding carboxylic acids is 2. The second-order valence-corrected chi connectivity index (χ2v) is 8.85.